The Morgan fingerprint density at radius 3 is 2.65 bits per heavy atom. The molecule has 20 heavy (non-hydrogen) atoms. The molecular formula is C14H18F2N2OS. The number of nitrogens with zero attached hydrogens (tertiary/aromatic N) is 1. The molecule has 1 aliphatic rings. The van der Waals surface area contributed by atoms with Crippen LogP contribution in [0.2, 0.25) is 0 Å². The number of anilines is 1. The van der Waals surface area contributed by atoms with Crippen molar-refractivity contribution in [3.8, 4) is 0 Å². The molecule has 1 aromatic rings. The van der Waals surface area contributed by atoms with E-state index in [-0.39, 0.29) is 22.3 Å². The molecule has 0 amide bonds. The van der Waals surface area contributed by atoms with Gasteiger partial charge in [0.05, 0.1) is 6.10 Å². The summed E-state index contributed by atoms with van der Waals surface area (Å²) in [5, 5.41) is 0. The van der Waals surface area contributed by atoms with Gasteiger partial charge in [-0.25, -0.2) is 8.78 Å². The number of nitrogens with two attached hydrogens (primary N) is 1. The van der Waals surface area contributed by atoms with Crippen molar-refractivity contribution >= 4 is 22.9 Å². The van der Waals surface area contributed by atoms with Crippen molar-refractivity contribution in [3.63, 3.8) is 0 Å². The summed E-state index contributed by atoms with van der Waals surface area (Å²) in [5.74, 6) is -1.27. The molecule has 3 nitrogen and oxygen atoms in total. The molecule has 0 aliphatic carbocycles. The Morgan fingerprint density at radius 1 is 1.45 bits per heavy atom. The molecule has 1 fully saturated rings. The first-order valence-corrected chi connectivity index (χ1v) is 7.09. The Hall–Kier alpha value is -1.27. The number of rotatable bonds is 4. The largest absolute Gasteiger partial charge is 0.389 e. The summed E-state index contributed by atoms with van der Waals surface area (Å²) >= 11 is 4.75. The third-order valence-electron chi connectivity index (χ3n) is 3.40. The van der Waals surface area contributed by atoms with Gasteiger partial charge in [0.25, 0.3) is 0 Å². The minimum atomic E-state index is -0.634. The lowest BCUT2D eigenvalue weighted by Crippen LogP contribution is -2.40. The number of thiocarbonyl (C=S) groups is 1. The first-order valence-electron chi connectivity index (χ1n) is 6.68. The highest BCUT2D eigenvalue weighted by atomic mass is 32.1. The SMILES string of the molecule is CCOC1CCCN(c2c(F)cc(C(N)=S)cc2F)C1. The maximum Gasteiger partial charge on any atom is 0.150 e. The third kappa shape index (κ3) is 3.24. The van der Waals surface area contributed by atoms with Gasteiger partial charge in [0.15, 0.2) is 0 Å². The van der Waals surface area contributed by atoms with Crippen molar-refractivity contribution in [1.29, 1.82) is 0 Å². The lowest BCUT2D eigenvalue weighted by Gasteiger charge is -2.34. The monoisotopic (exact) mass is 300 g/mol. The zero-order valence-electron chi connectivity index (χ0n) is 11.4. The Kier molecular flexibility index (Phi) is 4.88. The van der Waals surface area contributed by atoms with Crippen LogP contribution in [0.5, 0.6) is 0 Å². The fourth-order valence-electron chi connectivity index (χ4n) is 2.52. The summed E-state index contributed by atoms with van der Waals surface area (Å²) in [7, 11) is 0. The molecule has 1 aliphatic heterocycles. The molecule has 6 heteroatoms. The molecule has 110 valence electrons. The standard InChI is InChI=1S/C14H18F2N2OS/c1-2-19-10-4-3-5-18(8-10)13-11(15)6-9(14(17)20)7-12(13)16/h6-7,10H,2-5,8H2,1H3,(H2,17,20). The molecule has 0 saturated carbocycles. The van der Waals surface area contributed by atoms with Crippen molar-refractivity contribution in [2.24, 2.45) is 5.73 Å². The summed E-state index contributed by atoms with van der Waals surface area (Å²) in [6.07, 6.45) is 1.78. The minimum absolute atomic E-state index is 0.0137. The Balaban J connectivity index is 2.26. The van der Waals surface area contributed by atoms with Gasteiger partial charge in [-0.3, -0.25) is 0 Å². The average molecular weight is 300 g/mol. The second kappa shape index (κ2) is 6.45. The van der Waals surface area contributed by atoms with Crippen LogP contribution in [0.15, 0.2) is 12.1 Å². The predicted octanol–water partition coefficient (Wildman–Crippen LogP) is 2.60. The molecule has 1 atom stereocenters. The van der Waals surface area contributed by atoms with E-state index in [0.717, 1.165) is 12.8 Å². The predicted molar refractivity (Wildman–Crippen MR) is 79.1 cm³/mol. The summed E-state index contributed by atoms with van der Waals surface area (Å²) in [6.45, 7) is 3.62. The molecule has 0 aromatic heterocycles. The first kappa shape index (κ1) is 15.1. The van der Waals surface area contributed by atoms with Gasteiger partial charge >= 0.3 is 0 Å². The van der Waals surface area contributed by atoms with Gasteiger partial charge in [0.1, 0.15) is 22.3 Å². The lowest BCUT2D eigenvalue weighted by atomic mass is 10.1. The van der Waals surface area contributed by atoms with Gasteiger partial charge in [-0.1, -0.05) is 12.2 Å². The number of benzene rings is 1. The third-order valence-corrected chi connectivity index (χ3v) is 3.63. The normalized spacial score (nSPS) is 19.1. The lowest BCUT2D eigenvalue weighted by molar-refractivity contribution is 0.0524. The Morgan fingerprint density at radius 2 is 2.10 bits per heavy atom. The van der Waals surface area contributed by atoms with E-state index in [4.69, 9.17) is 22.7 Å². The van der Waals surface area contributed by atoms with Gasteiger partial charge in [0, 0.05) is 25.3 Å². The van der Waals surface area contributed by atoms with Crippen LogP contribution in [0.3, 0.4) is 0 Å². The van der Waals surface area contributed by atoms with E-state index in [9.17, 15) is 8.78 Å². The fraction of sp³-hybridized carbons (Fsp3) is 0.500. The molecule has 1 aromatic carbocycles. The van der Waals surface area contributed by atoms with E-state index < -0.39 is 11.6 Å². The Bertz CT molecular complexity index is 485. The van der Waals surface area contributed by atoms with Crippen LogP contribution in [-0.2, 0) is 4.74 Å². The molecule has 1 heterocycles. The zero-order valence-corrected chi connectivity index (χ0v) is 12.2. The molecule has 2 rings (SSSR count). The summed E-state index contributed by atoms with van der Waals surface area (Å²) in [6, 6.07) is 2.37. The smallest absolute Gasteiger partial charge is 0.150 e. The number of hydrogen-bond acceptors (Lipinski definition) is 3. The van der Waals surface area contributed by atoms with Crippen molar-refractivity contribution in [3.05, 3.63) is 29.3 Å². The molecule has 1 unspecified atom stereocenters. The fourth-order valence-corrected chi connectivity index (χ4v) is 2.64. The summed E-state index contributed by atoms with van der Waals surface area (Å²) in [5.41, 5.74) is 5.59. The maximum atomic E-state index is 14.1. The van der Waals surface area contributed by atoms with Crippen LogP contribution in [0.4, 0.5) is 14.5 Å². The number of ether oxygens (including phenoxy) is 1. The summed E-state index contributed by atoms with van der Waals surface area (Å²) < 4.78 is 33.8. The number of piperidine rings is 1. The topological polar surface area (TPSA) is 38.5 Å². The highest BCUT2D eigenvalue weighted by molar-refractivity contribution is 7.80. The van der Waals surface area contributed by atoms with Crippen LogP contribution in [-0.4, -0.2) is 30.8 Å². The molecule has 2 N–H and O–H groups in total. The van der Waals surface area contributed by atoms with Crippen molar-refractivity contribution in [1.82, 2.24) is 0 Å². The van der Waals surface area contributed by atoms with E-state index >= 15 is 0 Å². The maximum absolute atomic E-state index is 14.1. The van der Waals surface area contributed by atoms with Crippen molar-refractivity contribution < 1.29 is 13.5 Å². The second-order valence-corrected chi connectivity index (χ2v) is 5.26. The van der Waals surface area contributed by atoms with Gasteiger partial charge in [0.2, 0.25) is 0 Å². The second-order valence-electron chi connectivity index (χ2n) is 4.82. The molecular weight excluding hydrogens is 282 g/mol. The van der Waals surface area contributed by atoms with Crippen molar-refractivity contribution in [2.75, 3.05) is 24.6 Å². The van der Waals surface area contributed by atoms with Gasteiger partial charge in [-0.15, -0.1) is 0 Å². The van der Waals surface area contributed by atoms with Crippen LogP contribution < -0.4 is 10.6 Å². The zero-order chi connectivity index (χ0) is 14.7. The van der Waals surface area contributed by atoms with Crippen LogP contribution in [0.25, 0.3) is 0 Å². The van der Waals surface area contributed by atoms with E-state index in [2.05, 4.69) is 0 Å². The van der Waals surface area contributed by atoms with Gasteiger partial charge in [-0.05, 0) is 31.9 Å². The highest BCUT2D eigenvalue weighted by Crippen LogP contribution is 2.28. The minimum Gasteiger partial charge on any atom is -0.389 e. The Labute approximate surface area is 122 Å². The van der Waals surface area contributed by atoms with Crippen molar-refractivity contribution in [2.45, 2.75) is 25.9 Å². The van der Waals surface area contributed by atoms with Crippen LogP contribution in [0, 0.1) is 11.6 Å². The number of hydrogen-bond donors (Lipinski definition) is 1. The quantitative estimate of drug-likeness (QED) is 0.868. The number of halogens is 2. The average Bonchev–Trinajstić information content (AvgIpc) is 2.38. The molecule has 0 radical (unpaired) electrons. The molecule has 1 saturated heterocycles. The first-order chi connectivity index (χ1) is 9.52. The van der Waals surface area contributed by atoms with E-state index in [0.29, 0.717) is 19.7 Å². The van der Waals surface area contributed by atoms with Crippen LogP contribution >= 0.6 is 12.2 Å². The van der Waals surface area contributed by atoms with E-state index in [1.165, 1.54) is 12.1 Å². The van der Waals surface area contributed by atoms with Crippen LogP contribution in [0.1, 0.15) is 25.3 Å². The van der Waals surface area contributed by atoms with E-state index in [1.807, 2.05) is 6.92 Å². The van der Waals surface area contributed by atoms with Gasteiger partial charge < -0.3 is 15.4 Å². The molecule has 0 bridgehead atoms. The van der Waals surface area contributed by atoms with Gasteiger partial charge in [-0.2, -0.15) is 0 Å². The highest BCUT2D eigenvalue weighted by Gasteiger charge is 2.25. The van der Waals surface area contributed by atoms with E-state index in [1.54, 1.807) is 4.90 Å². The summed E-state index contributed by atoms with van der Waals surface area (Å²) in [4.78, 5) is 1.68. The molecule has 0 spiro atoms.